The minimum absolute atomic E-state index is 0.246. The van der Waals surface area contributed by atoms with Crippen LogP contribution in [0.1, 0.15) is 39.8 Å². The summed E-state index contributed by atoms with van der Waals surface area (Å²) in [4.78, 5) is 27.5. The molecule has 1 aliphatic rings. The van der Waals surface area contributed by atoms with Crippen LogP contribution in [-0.2, 0) is 0 Å². The summed E-state index contributed by atoms with van der Waals surface area (Å²) in [6, 6.07) is 4.53. The molecule has 3 rings (SSSR count). The molecule has 0 amide bonds. The van der Waals surface area contributed by atoms with Gasteiger partial charge in [0.2, 0.25) is 0 Å². The van der Waals surface area contributed by atoms with E-state index in [0.29, 0.717) is 21.6 Å². The van der Waals surface area contributed by atoms with Gasteiger partial charge in [0.05, 0.1) is 20.5 Å². The number of thiocarbonyl (C=S) groups is 1. The van der Waals surface area contributed by atoms with E-state index in [1.807, 2.05) is 18.7 Å². The number of nitrogens with zero attached hydrogens (tertiary/aromatic N) is 3. The Balaban J connectivity index is 2.12. The molecule has 10 heteroatoms. The highest BCUT2D eigenvalue weighted by Crippen LogP contribution is 2.46. The SMILES string of the molecule is CCCCN1C(=S)SC(C)(C)C1n1oc(=O)n(-c2ccc(Cl)c(Cl)c2)c1=O. The number of benzene rings is 1. The van der Waals surface area contributed by atoms with Crippen molar-refractivity contribution in [1.29, 1.82) is 0 Å². The molecule has 1 aliphatic heterocycles. The third-order valence-electron chi connectivity index (χ3n) is 4.38. The molecule has 1 fully saturated rings. The average Bonchev–Trinajstić information content (AvgIpc) is 2.99. The first-order valence-corrected chi connectivity index (χ1v) is 10.5. The molecule has 0 saturated carbocycles. The van der Waals surface area contributed by atoms with Crippen molar-refractivity contribution in [3.8, 4) is 5.69 Å². The minimum atomic E-state index is -0.785. The molecule has 0 radical (unpaired) electrons. The van der Waals surface area contributed by atoms with Crippen LogP contribution in [0.15, 0.2) is 32.3 Å². The fourth-order valence-corrected chi connectivity index (χ4v) is 5.31. The average molecular weight is 448 g/mol. The highest BCUT2D eigenvalue weighted by molar-refractivity contribution is 8.24. The summed E-state index contributed by atoms with van der Waals surface area (Å²) in [5, 5.41) is 0.581. The van der Waals surface area contributed by atoms with Gasteiger partial charge in [0, 0.05) is 6.54 Å². The maximum Gasteiger partial charge on any atom is 0.447 e. The molecule has 1 saturated heterocycles. The van der Waals surface area contributed by atoms with Crippen LogP contribution in [0.4, 0.5) is 0 Å². The van der Waals surface area contributed by atoms with Crippen molar-refractivity contribution >= 4 is 51.5 Å². The van der Waals surface area contributed by atoms with Gasteiger partial charge in [-0.1, -0.05) is 60.5 Å². The molecule has 1 atom stereocenters. The third-order valence-corrected chi connectivity index (χ3v) is 6.75. The summed E-state index contributed by atoms with van der Waals surface area (Å²) in [5.74, 6) is -0.785. The van der Waals surface area contributed by atoms with E-state index in [0.717, 1.165) is 22.1 Å². The second-order valence-corrected chi connectivity index (χ2v) is 9.89. The Labute approximate surface area is 176 Å². The summed E-state index contributed by atoms with van der Waals surface area (Å²) in [5.41, 5.74) is -0.281. The van der Waals surface area contributed by atoms with Crippen LogP contribution in [0.25, 0.3) is 5.69 Å². The molecule has 2 heterocycles. The number of aromatic nitrogens is 2. The summed E-state index contributed by atoms with van der Waals surface area (Å²) in [6.07, 6.45) is 1.41. The lowest BCUT2D eigenvalue weighted by atomic mass is 10.1. The first-order valence-electron chi connectivity index (χ1n) is 8.47. The van der Waals surface area contributed by atoms with Gasteiger partial charge < -0.3 is 9.42 Å². The Kier molecular flexibility index (Phi) is 5.82. The first-order chi connectivity index (χ1) is 12.7. The van der Waals surface area contributed by atoms with Crippen LogP contribution < -0.4 is 11.4 Å². The molecule has 146 valence electrons. The summed E-state index contributed by atoms with van der Waals surface area (Å²) < 4.78 is 7.69. The Hall–Kier alpha value is -1.22. The zero-order valence-corrected chi connectivity index (χ0v) is 18.2. The number of hydrogen-bond acceptors (Lipinski definition) is 5. The number of unbranched alkanes of at least 4 members (excludes halogenated alkanes) is 1. The van der Waals surface area contributed by atoms with Gasteiger partial charge in [-0.05, 0) is 38.5 Å². The molecular weight excluding hydrogens is 429 g/mol. The quantitative estimate of drug-likeness (QED) is 0.636. The van der Waals surface area contributed by atoms with Gasteiger partial charge in [-0.2, -0.15) is 4.57 Å². The van der Waals surface area contributed by atoms with Crippen LogP contribution in [0.3, 0.4) is 0 Å². The van der Waals surface area contributed by atoms with E-state index in [9.17, 15) is 9.59 Å². The van der Waals surface area contributed by atoms with E-state index in [1.165, 1.54) is 23.9 Å². The Morgan fingerprint density at radius 2 is 1.96 bits per heavy atom. The lowest BCUT2D eigenvalue weighted by Gasteiger charge is -2.30. The van der Waals surface area contributed by atoms with Gasteiger partial charge in [-0.15, -0.1) is 4.74 Å². The molecule has 1 unspecified atom stereocenters. The van der Waals surface area contributed by atoms with Gasteiger partial charge in [-0.25, -0.2) is 9.59 Å². The van der Waals surface area contributed by atoms with Gasteiger partial charge in [0.15, 0.2) is 6.17 Å². The van der Waals surface area contributed by atoms with E-state index < -0.39 is 22.4 Å². The lowest BCUT2D eigenvalue weighted by molar-refractivity contribution is 0.0897. The van der Waals surface area contributed by atoms with Crippen molar-refractivity contribution in [2.45, 2.75) is 44.5 Å². The van der Waals surface area contributed by atoms with Crippen LogP contribution >= 0.6 is 47.2 Å². The maximum absolute atomic E-state index is 13.1. The molecule has 1 aromatic carbocycles. The van der Waals surface area contributed by atoms with E-state index in [2.05, 4.69) is 6.92 Å². The van der Waals surface area contributed by atoms with Crippen molar-refractivity contribution in [2.75, 3.05) is 6.54 Å². The number of halogens is 2. The summed E-state index contributed by atoms with van der Waals surface area (Å²) >= 11 is 19.0. The molecule has 0 spiro atoms. The summed E-state index contributed by atoms with van der Waals surface area (Å²) in [6.45, 7) is 6.72. The minimum Gasteiger partial charge on any atom is -0.333 e. The highest BCUT2D eigenvalue weighted by Gasteiger charge is 2.47. The Morgan fingerprint density at radius 1 is 1.26 bits per heavy atom. The number of rotatable bonds is 5. The third kappa shape index (κ3) is 3.72. The fraction of sp³-hybridized carbons (Fsp3) is 0.471. The fourth-order valence-electron chi connectivity index (χ4n) is 3.10. The molecule has 1 aromatic heterocycles. The predicted octanol–water partition coefficient (Wildman–Crippen LogP) is 4.31. The molecule has 0 N–H and O–H groups in total. The van der Waals surface area contributed by atoms with Gasteiger partial charge in [-0.3, -0.25) is 0 Å². The van der Waals surface area contributed by atoms with Crippen molar-refractivity contribution in [3.05, 3.63) is 49.3 Å². The van der Waals surface area contributed by atoms with Gasteiger partial charge >= 0.3 is 11.4 Å². The van der Waals surface area contributed by atoms with Crippen LogP contribution in [-0.4, -0.2) is 29.8 Å². The second kappa shape index (κ2) is 7.66. The van der Waals surface area contributed by atoms with Crippen molar-refractivity contribution in [2.24, 2.45) is 0 Å². The second-order valence-electron chi connectivity index (χ2n) is 6.79. The monoisotopic (exact) mass is 447 g/mol. The molecule has 0 bridgehead atoms. The maximum atomic E-state index is 13.1. The van der Waals surface area contributed by atoms with E-state index in [4.69, 9.17) is 39.9 Å². The molecular formula is C17H19Cl2N3O3S2. The van der Waals surface area contributed by atoms with E-state index >= 15 is 0 Å². The van der Waals surface area contributed by atoms with Crippen molar-refractivity contribution in [1.82, 2.24) is 14.2 Å². The number of thioether (sulfide) groups is 1. The van der Waals surface area contributed by atoms with Crippen LogP contribution in [0, 0.1) is 0 Å². The normalized spacial score (nSPS) is 19.1. The smallest absolute Gasteiger partial charge is 0.333 e. The summed E-state index contributed by atoms with van der Waals surface area (Å²) in [7, 11) is 0. The van der Waals surface area contributed by atoms with Crippen LogP contribution in [0.2, 0.25) is 10.0 Å². The molecule has 0 aliphatic carbocycles. The zero-order chi connectivity index (χ0) is 19.9. The first kappa shape index (κ1) is 20.5. The predicted molar refractivity (Wildman–Crippen MR) is 114 cm³/mol. The van der Waals surface area contributed by atoms with E-state index in [-0.39, 0.29) is 5.02 Å². The van der Waals surface area contributed by atoms with E-state index in [1.54, 1.807) is 6.07 Å². The van der Waals surface area contributed by atoms with Gasteiger partial charge in [0.25, 0.3) is 0 Å². The van der Waals surface area contributed by atoms with Gasteiger partial charge in [0.1, 0.15) is 4.32 Å². The largest absolute Gasteiger partial charge is 0.447 e. The van der Waals surface area contributed by atoms with Crippen molar-refractivity contribution < 1.29 is 4.52 Å². The standard InChI is InChI=1S/C17H19Cl2N3O3S2/c1-4-5-8-20-13(17(2,3)27-16(20)26)22-14(23)21(15(24)25-22)10-6-7-11(18)12(19)9-10/h6-7,9,13H,4-5,8H2,1-3H3. The Bertz CT molecular complexity index is 996. The zero-order valence-electron chi connectivity index (χ0n) is 15.1. The lowest BCUT2D eigenvalue weighted by Crippen LogP contribution is -2.42. The number of hydrogen-bond donors (Lipinski definition) is 0. The Morgan fingerprint density at radius 3 is 2.59 bits per heavy atom. The molecule has 6 nitrogen and oxygen atoms in total. The van der Waals surface area contributed by atoms with Crippen LogP contribution in [0.5, 0.6) is 0 Å². The topological polar surface area (TPSA) is 60.4 Å². The van der Waals surface area contributed by atoms with Crippen molar-refractivity contribution in [3.63, 3.8) is 0 Å². The highest BCUT2D eigenvalue weighted by atomic mass is 35.5. The molecule has 2 aromatic rings. The molecule has 27 heavy (non-hydrogen) atoms.